The summed E-state index contributed by atoms with van der Waals surface area (Å²) in [4.78, 5) is 8.79. The largest absolute Gasteiger partial charge is 0.505 e. The molecular weight excluding hydrogens is 366 g/mol. The van der Waals surface area contributed by atoms with Gasteiger partial charge < -0.3 is 19.9 Å². The number of nitrogens with one attached hydrogen (secondary N) is 1. The number of hydrogen-bond acceptors (Lipinski definition) is 6. The number of nitrogens with zero attached hydrogens (tertiary/aromatic N) is 2. The molecule has 2 N–H and O–H groups in total. The van der Waals surface area contributed by atoms with Crippen molar-refractivity contribution in [3.05, 3.63) is 83.7 Å². The predicted octanol–water partition coefficient (Wildman–Crippen LogP) is 4.57. The molecule has 5 rings (SSSR count). The van der Waals surface area contributed by atoms with Crippen molar-refractivity contribution in [3.8, 4) is 17.2 Å². The van der Waals surface area contributed by atoms with Crippen LogP contribution in [0.3, 0.4) is 0 Å². The van der Waals surface area contributed by atoms with E-state index in [0.29, 0.717) is 28.4 Å². The van der Waals surface area contributed by atoms with Crippen molar-refractivity contribution in [2.75, 3.05) is 12.1 Å². The van der Waals surface area contributed by atoms with Crippen LogP contribution in [0.1, 0.15) is 22.7 Å². The number of benzene rings is 2. The van der Waals surface area contributed by atoms with E-state index in [9.17, 15) is 5.11 Å². The van der Waals surface area contributed by atoms with Gasteiger partial charge in [-0.15, -0.1) is 0 Å². The van der Waals surface area contributed by atoms with E-state index in [1.807, 2.05) is 61.5 Å². The highest BCUT2D eigenvalue weighted by Gasteiger charge is 2.23. The lowest BCUT2D eigenvalue weighted by Gasteiger charge is -2.22. The zero-order valence-corrected chi connectivity index (χ0v) is 15.8. The van der Waals surface area contributed by atoms with Crippen LogP contribution in [0, 0.1) is 6.92 Å². The maximum Gasteiger partial charge on any atom is 0.231 e. The molecule has 0 aliphatic carbocycles. The quantitative estimate of drug-likeness (QED) is 0.536. The van der Waals surface area contributed by atoms with Crippen molar-refractivity contribution in [3.63, 3.8) is 0 Å². The number of rotatable bonds is 4. The van der Waals surface area contributed by atoms with Crippen LogP contribution >= 0.6 is 0 Å². The zero-order chi connectivity index (χ0) is 19.8. The van der Waals surface area contributed by atoms with Gasteiger partial charge in [-0.3, -0.25) is 4.98 Å². The monoisotopic (exact) mass is 385 g/mol. The number of ether oxygens (including phenoxy) is 2. The first-order chi connectivity index (χ1) is 14.2. The van der Waals surface area contributed by atoms with E-state index in [-0.39, 0.29) is 18.6 Å². The molecule has 0 fully saturated rings. The molecule has 0 saturated heterocycles. The van der Waals surface area contributed by atoms with Crippen LogP contribution in [0.25, 0.3) is 10.9 Å². The molecule has 3 heterocycles. The second kappa shape index (κ2) is 6.98. The van der Waals surface area contributed by atoms with Crippen molar-refractivity contribution < 1.29 is 14.6 Å². The first-order valence-electron chi connectivity index (χ1n) is 9.34. The summed E-state index contributed by atoms with van der Waals surface area (Å²) >= 11 is 0. The smallest absolute Gasteiger partial charge is 0.231 e. The molecule has 0 amide bonds. The molecule has 4 aromatic rings. The molecule has 2 aromatic carbocycles. The van der Waals surface area contributed by atoms with Crippen LogP contribution in [-0.4, -0.2) is 21.9 Å². The van der Waals surface area contributed by atoms with E-state index >= 15 is 0 Å². The van der Waals surface area contributed by atoms with Crippen LogP contribution in [0.4, 0.5) is 5.82 Å². The molecule has 1 aliphatic rings. The van der Waals surface area contributed by atoms with Crippen molar-refractivity contribution >= 4 is 16.7 Å². The van der Waals surface area contributed by atoms with Gasteiger partial charge in [0, 0.05) is 23.3 Å². The van der Waals surface area contributed by atoms with Gasteiger partial charge in [-0.1, -0.05) is 24.3 Å². The maximum atomic E-state index is 11.0. The van der Waals surface area contributed by atoms with Crippen molar-refractivity contribution in [2.24, 2.45) is 0 Å². The number of pyridine rings is 2. The molecule has 1 atom stereocenters. The number of aryl methyl sites for hydroxylation is 1. The van der Waals surface area contributed by atoms with Crippen LogP contribution in [0.2, 0.25) is 0 Å². The first-order valence-corrected chi connectivity index (χ1v) is 9.34. The Balaban J connectivity index is 1.65. The number of aromatic nitrogens is 2. The molecule has 0 bridgehead atoms. The van der Waals surface area contributed by atoms with Gasteiger partial charge in [0.05, 0.1) is 6.04 Å². The zero-order valence-electron chi connectivity index (χ0n) is 15.8. The number of aromatic hydroxyl groups is 1. The molecule has 1 aliphatic heterocycles. The summed E-state index contributed by atoms with van der Waals surface area (Å²) in [7, 11) is 0. The van der Waals surface area contributed by atoms with Crippen LogP contribution in [0.15, 0.2) is 67.0 Å². The minimum absolute atomic E-state index is 0.144. The molecule has 144 valence electrons. The second-order valence-electron chi connectivity index (χ2n) is 6.99. The van der Waals surface area contributed by atoms with E-state index in [2.05, 4.69) is 15.3 Å². The average molecular weight is 385 g/mol. The van der Waals surface area contributed by atoms with Crippen LogP contribution in [-0.2, 0) is 0 Å². The topological polar surface area (TPSA) is 76.5 Å². The lowest BCUT2D eigenvalue weighted by atomic mass is 9.95. The predicted molar refractivity (Wildman–Crippen MR) is 110 cm³/mol. The number of fused-ring (bicyclic) bond motifs is 2. The Kier molecular flexibility index (Phi) is 4.17. The van der Waals surface area contributed by atoms with Gasteiger partial charge in [-0.25, -0.2) is 4.98 Å². The number of phenolic OH excluding ortho intramolecular Hbond substituents is 1. The Morgan fingerprint density at radius 1 is 0.966 bits per heavy atom. The normalized spacial score (nSPS) is 13.4. The van der Waals surface area contributed by atoms with E-state index in [1.54, 1.807) is 12.4 Å². The van der Waals surface area contributed by atoms with Gasteiger partial charge in [-0.05, 0) is 48.4 Å². The SMILES string of the molecule is Cc1ccnc(N[C@@H](c2ccc3c(c2)OCO3)c2ccc3cccnc3c2O)c1. The number of hydrogen-bond donors (Lipinski definition) is 2. The molecule has 2 aromatic heterocycles. The molecule has 6 heteroatoms. The number of phenols is 1. The van der Waals surface area contributed by atoms with Crippen LogP contribution < -0.4 is 14.8 Å². The molecular formula is C23H19N3O3. The van der Waals surface area contributed by atoms with Gasteiger partial charge in [0.1, 0.15) is 17.1 Å². The van der Waals surface area contributed by atoms with Crippen molar-refractivity contribution in [2.45, 2.75) is 13.0 Å². The summed E-state index contributed by atoms with van der Waals surface area (Å²) in [5, 5.41) is 15.4. The standard InChI is InChI=1S/C23H19N3O3/c1-14-8-10-24-20(11-14)26-21(16-5-7-18-19(12-16)29-13-28-18)17-6-4-15-3-2-9-25-22(15)23(17)27/h2-12,21,27H,13H2,1H3,(H,24,26)/t21-/m0/s1. The Morgan fingerprint density at radius 2 is 1.86 bits per heavy atom. The molecule has 6 nitrogen and oxygen atoms in total. The Bertz CT molecular complexity index is 1210. The van der Waals surface area contributed by atoms with Gasteiger partial charge in [-0.2, -0.15) is 0 Å². The summed E-state index contributed by atoms with van der Waals surface area (Å²) in [5.41, 5.74) is 3.28. The van der Waals surface area contributed by atoms with Crippen molar-refractivity contribution in [1.82, 2.24) is 9.97 Å². The fourth-order valence-corrected chi connectivity index (χ4v) is 3.57. The summed E-state index contributed by atoms with van der Waals surface area (Å²) in [6.45, 7) is 2.22. The highest BCUT2D eigenvalue weighted by atomic mass is 16.7. The minimum atomic E-state index is -0.356. The third-order valence-electron chi connectivity index (χ3n) is 5.03. The molecule has 0 saturated carbocycles. The number of anilines is 1. The van der Waals surface area contributed by atoms with E-state index in [1.165, 1.54) is 0 Å². The van der Waals surface area contributed by atoms with E-state index in [0.717, 1.165) is 16.5 Å². The summed E-state index contributed by atoms with van der Waals surface area (Å²) in [6, 6.07) is 17.0. The minimum Gasteiger partial charge on any atom is -0.505 e. The average Bonchev–Trinajstić information content (AvgIpc) is 3.21. The van der Waals surface area contributed by atoms with Gasteiger partial charge in [0.2, 0.25) is 6.79 Å². The van der Waals surface area contributed by atoms with Crippen LogP contribution in [0.5, 0.6) is 17.2 Å². The fourth-order valence-electron chi connectivity index (χ4n) is 3.57. The first kappa shape index (κ1) is 17.3. The van der Waals surface area contributed by atoms with E-state index in [4.69, 9.17) is 9.47 Å². The maximum absolute atomic E-state index is 11.0. The lowest BCUT2D eigenvalue weighted by molar-refractivity contribution is 0.174. The molecule has 0 radical (unpaired) electrons. The van der Waals surface area contributed by atoms with Gasteiger partial charge >= 0.3 is 0 Å². The second-order valence-corrected chi connectivity index (χ2v) is 6.99. The Hall–Kier alpha value is -3.80. The third-order valence-corrected chi connectivity index (χ3v) is 5.03. The van der Waals surface area contributed by atoms with E-state index < -0.39 is 0 Å². The Morgan fingerprint density at radius 3 is 2.76 bits per heavy atom. The highest BCUT2D eigenvalue weighted by Crippen LogP contribution is 2.40. The highest BCUT2D eigenvalue weighted by molar-refractivity contribution is 5.86. The molecule has 29 heavy (non-hydrogen) atoms. The molecule has 0 unspecified atom stereocenters. The van der Waals surface area contributed by atoms with Gasteiger partial charge in [0.25, 0.3) is 0 Å². The summed E-state index contributed by atoms with van der Waals surface area (Å²) in [6.07, 6.45) is 3.44. The van der Waals surface area contributed by atoms with Crippen molar-refractivity contribution in [1.29, 1.82) is 0 Å². The lowest BCUT2D eigenvalue weighted by Crippen LogP contribution is -2.14. The summed E-state index contributed by atoms with van der Waals surface area (Å²) < 4.78 is 11.0. The Labute approximate surface area is 167 Å². The van der Waals surface area contributed by atoms with Gasteiger partial charge in [0.15, 0.2) is 11.5 Å². The third kappa shape index (κ3) is 3.18. The summed E-state index contributed by atoms with van der Waals surface area (Å²) in [5.74, 6) is 2.26. The fraction of sp³-hybridized carbons (Fsp3) is 0.130. The molecule has 0 spiro atoms.